The van der Waals surface area contributed by atoms with Crippen molar-refractivity contribution in [2.24, 2.45) is 4.99 Å². The maximum atomic E-state index is 10.9. The van der Waals surface area contributed by atoms with Crippen molar-refractivity contribution in [1.82, 2.24) is 0 Å². The number of aliphatic imine (C=N–C) groups is 1. The summed E-state index contributed by atoms with van der Waals surface area (Å²) in [6.45, 7) is 3.73. The van der Waals surface area contributed by atoms with Gasteiger partial charge in [-0.25, -0.2) is 8.42 Å². The molecule has 11 heavy (non-hydrogen) atoms. The van der Waals surface area contributed by atoms with Gasteiger partial charge < -0.3 is 0 Å². The third kappa shape index (κ3) is 1.89. The first-order valence-electron chi connectivity index (χ1n) is 3.30. The minimum atomic E-state index is -3.11. The first kappa shape index (κ1) is 8.46. The van der Waals surface area contributed by atoms with Gasteiger partial charge in [0.25, 0.3) is 0 Å². The van der Waals surface area contributed by atoms with Crippen LogP contribution < -0.4 is 0 Å². The van der Waals surface area contributed by atoms with E-state index in [0.717, 1.165) is 6.26 Å². The number of hydrogen-bond donors (Lipinski definition) is 0. The van der Waals surface area contributed by atoms with Crippen molar-refractivity contribution in [2.75, 3.05) is 6.26 Å². The molecule has 0 fully saturated rings. The second-order valence-electron chi connectivity index (χ2n) is 3.21. The second-order valence-corrected chi connectivity index (χ2v) is 5.17. The van der Waals surface area contributed by atoms with E-state index in [1.807, 2.05) is 13.8 Å². The number of sulfone groups is 1. The van der Waals surface area contributed by atoms with Crippen LogP contribution in [0.3, 0.4) is 0 Å². The molecule has 0 aromatic carbocycles. The summed E-state index contributed by atoms with van der Waals surface area (Å²) in [6, 6.07) is 0. The fourth-order valence-electron chi connectivity index (χ4n) is 0.840. The molecule has 0 aromatic heterocycles. The third-order valence-corrected chi connectivity index (χ3v) is 2.40. The first-order chi connectivity index (χ1) is 4.81. The predicted octanol–water partition coefficient (Wildman–Crippen LogP) is 0.778. The lowest BCUT2D eigenvalue weighted by Gasteiger charge is -2.08. The van der Waals surface area contributed by atoms with Gasteiger partial charge in [-0.3, -0.25) is 4.99 Å². The molecule has 62 valence electrons. The summed E-state index contributed by atoms with van der Waals surface area (Å²) >= 11 is 0. The minimum Gasteiger partial charge on any atom is -0.263 e. The highest BCUT2D eigenvalue weighted by Crippen LogP contribution is 2.18. The molecule has 0 saturated heterocycles. The molecule has 0 radical (unpaired) electrons. The Hall–Kier alpha value is -0.640. The first-order valence-corrected chi connectivity index (χ1v) is 5.20. The molecule has 0 aliphatic carbocycles. The SMILES string of the molecule is CC1(C)C=CC(S(C)(=O)=O)=N1. The van der Waals surface area contributed by atoms with E-state index in [2.05, 4.69) is 4.99 Å². The molecule has 0 aromatic rings. The number of rotatable bonds is 0. The van der Waals surface area contributed by atoms with Crippen LogP contribution in [0.2, 0.25) is 0 Å². The van der Waals surface area contributed by atoms with Crippen LogP contribution in [0.1, 0.15) is 13.8 Å². The Balaban J connectivity index is 3.09. The van der Waals surface area contributed by atoms with E-state index in [1.165, 1.54) is 0 Å². The van der Waals surface area contributed by atoms with Crippen LogP contribution in [-0.2, 0) is 9.84 Å². The third-order valence-electron chi connectivity index (χ3n) is 1.41. The Morgan fingerprint density at radius 2 is 2.00 bits per heavy atom. The second kappa shape index (κ2) is 2.17. The molecule has 0 bridgehead atoms. The van der Waals surface area contributed by atoms with Crippen molar-refractivity contribution >= 4 is 14.9 Å². The Bertz CT molecular complexity index is 322. The highest BCUT2D eigenvalue weighted by Gasteiger charge is 2.23. The lowest BCUT2D eigenvalue weighted by molar-refractivity contribution is 0.611. The Labute approximate surface area is 66.8 Å². The fraction of sp³-hybridized carbons (Fsp3) is 0.571. The van der Waals surface area contributed by atoms with Crippen LogP contribution in [0.15, 0.2) is 17.1 Å². The van der Waals surface area contributed by atoms with Crippen LogP contribution in [0.5, 0.6) is 0 Å². The molecule has 4 heteroatoms. The van der Waals surface area contributed by atoms with Gasteiger partial charge in [-0.05, 0) is 19.9 Å². The topological polar surface area (TPSA) is 46.5 Å². The van der Waals surface area contributed by atoms with Crippen molar-refractivity contribution < 1.29 is 8.42 Å². The van der Waals surface area contributed by atoms with Gasteiger partial charge >= 0.3 is 0 Å². The van der Waals surface area contributed by atoms with Gasteiger partial charge in [0.05, 0.1) is 5.54 Å². The zero-order valence-electron chi connectivity index (χ0n) is 6.83. The molecule has 1 aliphatic heterocycles. The summed E-state index contributed by atoms with van der Waals surface area (Å²) in [5.74, 6) is 0. The molecule has 0 N–H and O–H groups in total. The van der Waals surface area contributed by atoms with Crippen LogP contribution in [0, 0.1) is 0 Å². The molecule has 0 saturated carbocycles. The lowest BCUT2D eigenvalue weighted by Crippen LogP contribution is -2.13. The van der Waals surface area contributed by atoms with Crippen LogP contribution >= 0.6 is 0 Å². The maximum absolute atomic E-state index is 10.9. The van der Waals surface area contributed by atoms with E-state index in [1.54, 1.807) is 12.2 Å². The molecule has 3 nitrogen and oxygen atoms in total. The summed E-state index contributed by atoms with van der Waals surface area (Å²) in [6.07, 6.45) is 4.50. The molecule has 1 aliphatic rings. The van der Waals surface area contributed by atoms with Gasteiger partial charge in [-0.2, -0.15) is 0 Å². The van der Waals surface area contributed by atoms with E-state index in [4.69, 9.17) is 0 Å². The van der Waals surface area contributed by atoms with Gasteiger partial charge in [-0.1, -0.05) is 6.08 Å². The van der Waals surface area contributed by atoms with Crippen LogP contribution in [-0.4, -0.2) is 25.3 Å². The molecule has 1 heterocycles. The largest absolute Gasteiger partial charge is 0.263 e. The Kier molecular flexibility index (Phi) is 1.67. The average Bonchev–Trinajstić information content (AvgIpc) is 2.07. The minimum absolute atomic E-state index is 0.183. The van der Waals surface area contributed by atoms with Gasteiger partial charge in [0.2, 0.25) is 0 Å². The molecule has 1 rings (SSSR count). The smallest absolute Gasteiger partial charge is 0.192 e. The summed E-state index contributed by atoms with van der Waals surface area (Å²) in [7, 11) is -3.11. The number of hydrogen-bond acceptors (Lipinski definition) is 3. The zero-order chi connectivity index (χ0) is 8.70. The molecule has 0 spiro atoms. The van der Waals surface area contributed by atoms with Crippen molar-refractivity contribution in [1.29, 1.82) is 0 Å². The monoisotopic (exact) mass is 173 g/mol. The van der Waals surface area contributed by atoms with E-state index >= 15 is 0 Å². The summed E-state index contributed by atoms with van der Waals surface area (Å²) < 4.78 is 21.9. The highest BCUT2D eigenvalue weighted by molar-refractivity contribution is 8.06. The van der Waals surface area contributed by atoms with Crippen LogP contribution in [0.4, 0.5) is 0 Å². The normalized spacial score (nSPS) is 21.9. The van der Waals surface area contributed by atoms with E-state index in [-0.39, 0.29) is 10.6 Å². The Morgan fingerprint density at radius 1 is 1.45 bits per heavy atom. The average molecular weight is 173 g/mol. The van der Waals surface area contributed by atoms with Gasteiger partial charge in [0, 0.05) is 6.26 Å². The number of nitrogens with zero attached hydrogens (tertiary/aromatic N) is 1. The molecule has 0 amide bonds. The van der Waals surface area contributed by atoms with Crippen molar-refractivity contribution in [3.8, 4) is 0 Å². The lowest BCUT2D eigenvalue weighted by atomic mass is 10.1. The van der Waals surface area contributed by atoms with Gasteiger partial charge in [0.1, 0.15) is 5.04 Å². The molecule has 0 unspecified atom stereocenters. The quantitative estimate of drug-likeness (QED) is 0.543. The Morgan fingerprint density at radius 3 is 2.18 bits per heavy atom. The van der Waals surface area contributed by atoms with E-state index in [0.29, 0.717) is 0 Å². The standard InChI is InChI=1S/C7H11NO2S/c1-7(2)5-4-6(8-7)11(3,9)10/h4-5H,1-3H3. The summed E-state index contributed by atoms with van der Waals surface area (Å²) in [4.78, 5) is 4.01. The van der Waals surface area contributed by atoms with Crippen molar-refractivity contribution in [3.05, 3.63) is 12.2 Å². The molecule has 0 atom stereocenters. The highest BCUT2D eigenvalue weighted by atomic mass is 32.2. The summed E-state index contributed by atoms with van der Waals surface area (Å²) in [5, 5.41) is 0.183. The maximum Gasteiger partial charge on any atom is 0.192 e. The predicted molar refractivity (Wildman–Crippen MR) is 45.5 cm³/mol. The van der Waals surface area contributed by atoms with Gasteiger partial charge in [0.15, 0.2) is 9.84 Å². The molecular formula is C7H11NO2S. The van der Waals surface area contributed by atoms with E-state index < -0.39 is 9.84 Å². The van der Waals surface area contributed by atoms with Gasteiger partial charge in [-0.15, -0.1) is 0 Å². The van der Waals surface area contributed by atoms with E-state index in [9.17, 15) is 8.42 Å². The summed E-state index contributed by atoms with van der Waals surface area (Å²) in [5.41, 5.74) is -0.349. The van der Waals surface area contributed by atoms with Crippen molar-refractivity contribution in [2.45, 2.75) is 19.4 Å². The van der Waals surface area contributed by atoms with Crippen LogP contribution in [0.25, 0.3) is 0 Å². The fourth-order valence-corrected chi connectivity index (χ4v) is 1.56. The molecular weight excluding hydrogens is 162 g/mol. The van der Waals surface area contributed by atoms with Crippen molar-refractivity contribution in [3.63, 3.8) is 0 Å². The zero-order valence-corrected chi connectivity index (χ0v) is 7.64.